The smallest absolute Gasteiger partial charge is 0.325 e. The number of aromatic nitrogens is 1. The maximum atomic E-state index is 12.8. The van der Waals surface area contributed by atoms with Gasteiger partial charge in [0, 0.05) is 43.8 Å². The summed E-state index contributed by atoms with van der Waals surface area (Å²) in [6.45, 7) is 5.84. The Morgan fingerprint density at radius 3 is 2.52 bits per heavy atom. The van der Waals surface area contributed by atoms with E-state index >= 15 is 0 Å². The lowest BCUT2D eigenvalue weighted by molar-refractivity contribution is 0.0623. The van der Waals surface area contributed by atoms with Crippen LogP contribution in [-0.4, -0.2) is 52.9 Å². The largest absolute Gasteiger partial charge is 0.335 e. The van der Waals surface area contributed by atoms with E-state index in [-0.39, 0.29) is 11.9 Å². The van der Waals surface area contributed by atoms with E-state index in [4.69, 9.17) is 0 Å². The summed E-state index contributed by atoms with van der Waals surface area (Å²) in [5.41, 5.74) is 3.41. The van der Waals surface area contributed by atoms with Gasteiger partial charge in [-0.3, -0.25) is 15.0 Å². The van der Waals surface area contributed by atoms with Crippen molar-refractivity contribution < 1.29 is 9.59 Å². The van der Waals surface area contributed by atoms with Crippen molar-refractivity contribution in [2.75, 3.05) is 36.8 Å². The number of thiazole rings is 1. The number of anilines is 2. The number of urea groups is 1. The minimum atomic E-state index is -0.381. The highest BCUT2D eigenvalue weighted by Crippen LogP contribution is 2.19. The Kier molecular flexibility index (Phi) is 6.59. The molecule has 0 saturated carbocycles. The average molecular weight is 436 g/mol. The van der Waals surface area contributed by atoms with Crippen molar-refractivity contribution in [3.63, 3.8) is 0 Å². The molecule has 0 atom stereocenters. The molecule has 1 fully saturated rings. The van der Waals surface area contributed by atoms with Crippen LogP contribution in [0.1, 0.15) is 21.6 Å². The second kappa shape index (κ2) is 9.72. The standard InChI is InChI=1S/C23H25N5O2S/c1-17-6-5-9-19(14-17)24-22(30)26-23-25-20(16-31-23)21(29)28-12-10-27(11-13-28)15-18-7-3-2-4-8-18/h2-9,14,16H,10-13,15H2,1H3,(H2,24,25,26,30). The summed E-state index contributed by atoms with van der Waals surface area (Å²) >= 11 is 1.25. The van der Waals surface area contributed by atoms with Gasteiger partial charge in [-0.2, -0.15) is 0 Å². The van der Waals surface area contributed by atoms with E-state index < -0.39 is 0 Å². The number of nitrogens with zero attached hydrogens (tertiary/aromatic N) is 3. The Morgan fingerprint density at radius 1 is 1.00 bits per heavy atom. The second-order valence-electron chi connectivity index (χ2n) is 7.54. The Labute approximate surface area is 185 Å². The summed E-state index contributed by atoms with van der Waals surface area (Å²) in [5.74, 6) is -0.0947. The summed E-state index contributed by atoms with van der Waals surface area (Å²) in [6.07, 6.45) is 0. The maximum Gasteiger partial charge on any atom is 0.325 e. The molecule has 0 bridgehead atoms. The molecule has 8 heteroatoms. The molecule has 0 spiro atoms. The normalized spacial score (nSPS) is 14.3. The number of carbonyl (C=O) groups excluding carboxylic acids is 2. The van der Waals surface area contributed by atoms with Crippen molar-refractivity contribution in [3.05, 3.63) is 76.8 Å². The number of hydrogen-bond donors (Lipinski definition) is 2. The molecule has 2 heterocycles. The first-order valence-corrected chi connectivity index (χ1v) is 11.1. The van der Waals surface area contributed by atoms with Crippen LogP contribution < -0.4 is 10.6 Å². The molecule has 31 heavy (non-hydrogen) atoms. The number of nitrogens with one attached hydrogen (secondary N) is 2. The van der Waals surface area contributed by atoms with Crippen LogP contribution in [0.15, 0.2) is 60.0 Å². The first kappa shape index (κ1) is 21.0. The minimum absolute atomic E-state index is 0.0947. The summed E-state index contributed by atoms with van der Waals surface area (Å²) in [4.78, 5) is 33.5. The number of carbonyl (C=O) groups is 2. The summed E-state index contributed by atoms with van der Waals surface area (Å²) in [7, 11) is 0. The number of benzene rings is 2. The molecule has 2 N–H and O–H groups in total. The molecule has 1 aromatic heterocycles. The second-order valence-corrected chi connectivity index (χ2v) is 8.40. The van der Waals surface area contributed by atoms with Crippen LogP contribution in [0.25, 0.3) is 0 Å². The third-order valence-electron chi connectivity index (χ3n) is 5.13. The molecule has 3 aromatic rings. The lowest BCUT2D eigenvalue weighted by atomic mass is 10.2. The van der Waals surface area contributed by atoms with Gasteiger partial charge >= 0.3 is 6.03 Å². The summed E-state index contributed by atoms with van der Waals surface area (Å²) in [5, 5.41) is 7.57. The molecule has 0 unspecified atom stereocenters. The van der Waals surface area contributed by atoms with Gasteiger partial charge in [-0.05, 0) is 30.2 Å². The predicted octanol–water partition coefficient (Wildman–Crippen LogP) is 4.05. The van der Waals surface area contributed by atoms with Crippen molar-refractivity contribution in [3.8, 4) is 0 Å². The fraction of sp³-hybridized carbons (Fsp3) is 0.261. The molecule has 3 amide bonds. The van der Waals surface area contributed by atoms with E-state index in [1.165, 1.54) is 16.9 Å². The van der Waals surface area contributed by atoms with E-state index in [0.29, 0.717) is 29.6 Å². The van der Waals surface area contributed by atoms with Gasteiger partial charge in [0.15, 0.2) is 5.13 Å². The third-order valence-corrected chi connectivity index (χ3v) is 5.89. The van der Waals surface area contributed by atoms with Crippen molar-refractivity contribution in [2.24, 2.45) is 0 Å². The van der Waals surface area contributed by atoms with Gasteiger partial charge in [0.1, 0.15) is 5.69 Å². The zero-order valence-electron chi connectivity index (χ0n) is 17.4. The predicted molar refractivity (Wildman–Crippen MR) is 124 cm³/mol. The topological polar surface area (TPSA) is 77.6 Å². The molecule has 0 radical (unpaired) electrons. The molecule has 2 aromatic carbocycles. The third kappa shape index (κ3) is 5.68. The average Bonchev–Trinajstić information content (AvgIpc) is 3.23. The Morgan fingerprint density at radius 2 is 1.77 bits per heavy atom. The number of hydrogen-bond acceptors (Lipinski definition) is 5. The summed E-state index contributed by atoms with van der Waals surface area (Å²) < 4.78 is 0. The summed E-state index contributed by atoms with van der Waals surface area (Å²) in [6, 6.07) is 17.5. The van der Waals surface area contributed by atoms with E-state index in [1.807, 2.05) is 54.3 Å². The van der Waals surface area contributed by atoms with Gasteiger partial charge in [0.25, 0.3) is 5.91 Å². The van der Waals surface area contributed by atoms with Crippen molar-refractivity contribution in [2.45, 2.75) is 13.5 Å². The first-order valence-electron chi connectivity index (χ1n) is 10.2. The lowest BCUT2D eigenvalue weighted by Crippen LogP contribution is -2.48. The van der Waals surface area contributed by atoms with Gasteiger partial charge < -0.3 is 10.2 Å². The highest BCUT2D eigenvalue weighted by molar-refractivity contribution is 7.14. The molecule has 1 aliphatic heterocycles. The fourth-order valence-electron chi connectivity index (χ4n) is 3.52. The van der Waals surface area contributed by atoms with Crippen molar-refractivity contribution >= 4 is 34.1 Å². The highest BCUT2D eigenvalue weighted by Gasteiger charge is 2.24. The number of aryl methyl sites for hydroxylation is 1. The molecule has 1 aliphatic rings. The molecule has 0 aliphatic carbocycles. The molecule has 7 nitrogen and oxygen atoms in total. The van der Waals surface area contributed by atoms with Crippen LogP contribution in [-0.2, 0) is 6.54 Å². The highest BCUT2D eigenvalue weighted by atomic mass is 32.1. The van der Waals surface area contributed by atoms with Crippen LogP contribution >= 0.6 is 11.3 Å². The van der Waals surface area contributed by atoms with Crippen molar-refractivity contribution in [1.29, 1.82) is 0 Å². The first-order chi connectivity index (χ1) is 15.1. The number of amides is 3. The quantitative estimate of drug-likeness (QED) is 0.634. The number of piperazine rings is 1. The van der Waals surface area contributed by atoms with Crippen LogP contribution in [0.4, 0.5) is 15.6 Å². The molecular weight excluding hydrogens is 410 g/mol. The molecule has 4 rings (SSSR count). The van der Waals surface area contributed by atoms with E-state index in [0.717, 1.165) is 25.2 Å². The molecular formula is C23H25N5O2S. The van der Waals surface area contributed by atoms with Crippen LogP contribution in [0, 0.1) is 6.92 Å². The Balaban J connectivity index is 1.28. The van der Waals surface area contributed by atoms with Gasteiger partial charge in [0.2, 0.25) is 0 Å². The van der Waals surface area contributed by atoms with Crippen LogP contribution in [0.5, 0.6) is 0 Å². The monoisotopic (exact) mass is 435 g/mol. The van der Waals surface area contributed by atoms with E-state index in [1.54, 1.807) is 5.38 Å². The maximum absolute atomic E-state index is 12.8. The minimum Gasteiger partial charge on any atom is -0.335 e. The molecule has 160 valence electrons. The zero-order valence-corrected chi connectivity index (χ0v) is 18.2. The SMILES string of the molecule is Cc1cccc(NC(=O)Nc2nc(C(=O)N3CCN(Cc4ccccc4)CC3)cs2)c1. The fourth-order valence-corrected chi connectivity index (χ4v) is 4.20. The van der Waals surface area contributed by atoms with Gasteiger partial charge in [0.05, 0.1) is 0 Å². The number of rotatable bonds is 5. The zero-order chi connectivity index (χ0) is 21.6. The Hall–Kier alpha value is -3.23. The Bertz CT molecular complexity index is 1040. The van der Waals surface area contributed by atoms with E-state index in [2.05, 4.69) is 32.7 Å². The van der Waals surface area contributed by atoms with Crippen LogP contribution in [0.3, 0.4) is 0 Å². The lowest BCUT2D eigenvalue weighted by Gasteiger charge is -2.34. The van der Waals surface area contributed by atoms with Gasteiger partial charge in [-0.25, -0.2) is 9.78 Å². The van der Waals surface area contributed by atoms with E-state index in [9.17, 15) is 9.59 Å². The van der Waals surface area contributed by atoms with Gasteiger partial charge in [-0.15, -0.1) is 11.3 Å². The van der Waals surface area contributed by atoms with Gasteiger partial charge in [-0.1, -0.05) is 42.5 Å². The van der Waals surface area contributed by atoms with Crippen molar-refractivity contribution in [1.82, 2.24) is 14.8 Å². The van der Waals surface area contributed by atoms with Crippen LogP contribution in [0.2, 0.25) is 0 Å². The molecule has 1 saturated heterocycles.